The zero-order chi connectivity index (χ0) is 44.1. The smallest absolute Gasteiger partial charge is 0.269 e. The number of nitro groups is 1. The van der Waals surface area contributed by atoms with E-state index in [0.29, 0.717) is 64.3 Å². The molecule has 4 unspecified atom stereocenters. The summed E-state index contributed by atoms with van der Waals surface area (Å²) in [6.45, 7) is 2.25. The first kappa shape index (κ1) is 43.9. The van der Waals surface area contributed by atoms with Gasteiger partial charge >= 0.3 is 0 Å². The molecule has 0 spiro atoms. The van der Waals surface area contributed by atoms with Crippen LogP contribution in [0.25, 0.3) is 10.9 Å². The Balaban J connectivity index is 1.01. The third-order valence-electron chi connectivity index (χ3n) is 14.6. The molecule has 1 saturated heterocycles. The minimum atomic E-state index is -0.992. The maximum Gasteiger partial charge on any atom is 0.269 e. The normalized spacial score (nSPS) is 22.9. The number of fused-ring (bicyclic) bond motifs is 3. The van der Waals surface area contributed by atoms with Crippen LogP contribution in [-0.2, 0) is 32.0 Å². The Morgan fingerprint density at radius 1 is 0.889 bits per heavy atom. The lowest BCUT2D eigenvalue weighted by molar-refractivity contribution is -0.384. The number of rotatable bonds is 18. The average molecular weight is 859 g/mol. The average Bonchev–Trinajstić information content (AvgIpc) is 3.80. The van der Waals surface area contributed by atoms with Crippen LogP contribution in [0.15, 0.2) is 85.1 Å². The van der Waals surface area contributed by atoms with E-state index in [1.54, 1.807) is 24.1 Å². The van der Waals surface area contributed by atoms with Crippen LogP contribution in [0.2, 0.25) is 0 Å². The number of carbonyl (C=O) groups excluding carboxylic acids is 4. The molecule has 63 heavy (non-hydrogen) atoms. The molecular formula is C49H62N8O6. The number of piperazine rings is 1. The molecule has 3 saturated carbocycles. The summed E-state index contributed by atoms with van der Waals surface area (Å²) in [4.78, 5) is 77.7. The molecule has 7 atom stereocenters. The fraction of sp³-hybridized carbons (Fsp3) is 0.510. The number of non-ortho nitro benzene ring substituents is 1. The molecule has 3 aromatic carbocycles. The number of aromatic amines is 1. The zero-order valence-corrected chi connectivity index (χ0v) is 36.4. The summed E-state index contributed by atoms with van der Waals surface area (Å²) in [6.07, 6.45) is 11.5. The van der Waals surface area contributed by atoms with E-state index in [2.05, 4.69) is 20.5 Å². The van der Waals surface area contributed by atoms with Crippen LogP contribution in [-0.4, -0.2) is 101 Å². The van der Waals surface area contributed by atoms with Crippen LogP contribution in [0, 0.1) is 33.3 Å². The number of hydrogen-bond acceptors (Lipinski definition) is 8. The van der Waals surface area contributed by atoms with Crippen molar-refractivity contribution in [3.63, 3.8) is 0 Å². The summed E-state index contributed by atoms with van der Waals surface area (Å²) in [6, 6.07) is 21.0. The highest BCUT2D eigenvalue weighted by Gasteiger charge is 2.52. The molecule has 1 aromatic heterocycles. The molecule has 3 bridgehead atoms. The number of nitrogens with two attached hydrogens (primary N) is 1. The van der Waals surface area contributed by atoms with Crippen LogP contribution in [0.1, 0.15) is 75.3 Å². The Labute approximate surface area is 369 Å². The molecule has 1 aliphatic heterocycles. The number of carbonyl (C=O) groups is 4. The molecular weight excluding hydrogens is 797 g/mol. The number of aromatic nitrogens is 1. The summed E-state index contributed by atoms with van der Waals surface area (Å²) in [5, 5.41) is 18.5. The molecule has 4 fully saturated rings. The minimum absolute atomic E-state index is 0.000855. The second-order valence-electron chi connectivity index (χ2n) is 18.8. The van der Waals surface area contributed by atoms with Gasteiger partial charge in [0.1, 0.15) is 18.1 Å². The van der Waals surface area contributed by atoms with Gasteiger partial charge in [-0.15, -0.1) is 0 Å². The lowest BCUT2D eigenvalue weighted by Gasteiger charge is -2.45. The predicted octanol–water partition coefficient (Wildman–Crippen LogP) is 5.74. The van der Waals surface area contributed by atoms with Crippen molar-refractivity contribution >= 4 is 45.9 Å². The first-order valence-electron chi connectivity index (χ1n) is 22.9. The van der Waals surface area contributed by atoms with Crippen molar-refractivity contribution in [1.82, 2.24) is 25.4 Å². The lowest BCUT2D eigenvalue weighted by atomic mass is 9.60. The van der Waals surface area contributed by atoms with Crippen LogP contribution in [0.5, 0.6) is 0 Å². The Morgan fingerprint density at radius 3 is 2.37 bits per heavy atom. The van der Waals surface area contributed by atoms with Crippen LogP contribution in [0.4, 0.5) is 11.4 Å². The second-order valence-corrected chi connectivity index (χ2v) is 18.8. The van der Waals surface area contributed by atoms with Crippen molar-refractivity contribution in [1.29, 1.82) is 0 Å². The van der Waals surface area contributed by atoms with Crippen molar-refractivity contribution < 1.29 is 24.1 Å². The van der Waals surface area contributed by atoms with E-state index in [9.17, 15) is 29.3 Å². The number of hydrogen-bond donors (Lipinski definition) is 4. The molecule has 4 amide bonds. The molecule has 8 rings (SSSR count). The van der Waals surface area contributed by atoms with E-state index in [0.717, 1.165) is 58.8 Å². The Kier molecular flexibility index (Phi) is 13.5. The Bertz CT molecular complexity index is 2250. The Hall–Kier alpha value is -5.76. The summed E-state index contributed by atoms with van der Waals surface area (Å²) in [5.74, 6) is 1.08. The molecule has 5 N–H and O–H groups in total. The van der Waals surface area contributed by atoms with E-state index in [4.69, 9.17) is 5.73 Å². The highest BCUT2D eigenvalue weighted by molar-refractivity contribution is 5.95. The van der Waals surface area contributed by atoms with Gasteiger partial charge in [-0.2, -0.15) is 0 Å². The monoisotopic (exact) mass is 858 g/mol. The summed E-state index contributed by atoms with van der Waals surface area (Å²) in [5.41, 5.74) is 9.37. The van der Waals surface area contributed by atoms with E-state index >= 15 is 0 Å². The Morgan fingerprint density at radius 2 is 1.62 bits per heavy atom. The third-order valence-corrected chi connectivity index (χ3v) is 14.6. The van der Waals surface area contributed by atoms with Gasteiger partial charge in [-0.25, -0.2) is 0 Å². The first-order valence-corrected chi connectivity index (χ1v) is 22.9. The fourth-order valence-corrected chi connectivity index (χ4v) is 11.4. The van der Waals surface area contributed by atoms with Crippen molar-refractivity contribution in [3.05, 3.63) is 106 Å². The molecule has 14 nitrogen and oxygen atoms in total. The molecule has 4 aromatic rings. The van der Waals surface area contributed by atoms with Gasteiger partial charge in [-0.05, 0) is 117 Å². The van der Waals surface area contributed by atoms with Gasteiger partial charge in [0, 0.05) is 87.4 Å². The molecule has 4 aliphatic rings. The molecule has 3 aliphatic carbocycles. The quantitative estimate of drug-likeness (QED) is 0.0554. The maximum absolute atomic E-state index is 14.9. The molecule has 0 radical (unpaired) electrons. The summed E-state index contributed by atoms with van der Waals surface area (Å²) < 4.78 is 0. The van der Waals surface area contributed by atoms with Gasteiger partial charge in [-0.3, -0.25) is 29.3 Å². The number of amides is 4. The summed E-state index contributed by atoms with van der Waals surface area (Å²) in [7, 11) is 1.63. The highest BCUT2D eigenvalue weighted by atomic mass is 16.6. The van der Waals surface area contributed by atoms with Crippen molar-refractivity contribution in [3.8, 4) is 0 Å². The van der Waals surface area contributed by atoms with Gasteiger partial charge in [0.25, 0.3) is 5.69 Å². The summed E-state index contributed by atoms with van der Waals surface area (Å²) >= 11 is 0. The minimum Gasteiger partial charge on any atom is -0.368 e. The van der Waals surface area contributed by atoms with Crippen LogP contribution >= 0.6 is 0 Å². The van der Waals surface area contributed by atoms with Gasteiger partial charge in [0.15, 0.2) is 0 Å². The topological polar surface area (TPSA) is 187 Å². The number of nitrogens with one attached hydrogen (secondary N) is 3. The van der Waals surface area contributed by atoms with E-state index in [-0.39, 0.29) is 41.7 Å². The highest BCUT2D eigenvalue weighted by Crippen LogP contribution is 2.61. The van der Waals surface area contributed by atoms with E-state index in [1.807, 2.05) is 60.8 Å². The van der Waals surface area contributed by atoms with Gasteiger partial charge in [-0.1, -0.05) is 48.5 Å². The molecule has 334 valence electrons. The lowest BCUT2D eigenvalue weighted by Crippen LogP contribution is -2.60. The van der Waals surface area contributed by atoms with Gasteiger partial charge in [0.2, 0.25) is 23.6 Å². The third kappa shape index (κ3) is 10.1. The predicted molar refractivity (Wildman–Crippen MR) is 243 cm³/mol. The van der Waals surface area contributed by atoms with Crippen molar-refractivity contribution in [2.45, 2.75) is 95.2 Å². The van der Waals surface area contributed by atoms with Crippen LogP contribution in [0.3, 0.4) is 0 Å². The first-order chi connectivity index (χ1) is 30.5. The number of likely N-dealkylation sites (N-methyl/N-ethyl adjacent to an activating group) is 1. The fourth-order valence-electron chi connectivity index (χ4n) is 11.4. The number of H-pyrrole nitrogens is 1. The SMILES string of the molecule is CN(C(=O)[C@@H](CCCCN)NC(=O)CC12CCC3CC(CC3C1)C2)[C@H](Cc1ccccc1)C(=O)N[C@H](Cc1c[nH]c2ccccc12)C(=O)N1CCN(c2ccc([N+](=O)[O-])cc2)CC1. The number of nitro benzene ring substituents is 1. The molecule has 2 heterocycles. The number of para-hydroxylation sites is 1. The van der Waals surface area contributed by atoms with Crippen molar-refractivity contribution in [2.75, 3.05) is 44.7 Å². The number of unbranched alkanes of at least 4 members (excludes halogenated alkanes) is 1. The largest absolute Gasteiger partial charge is 0.368 e. The number of benzene rings is 3. The van der Waals surface area contributed by atoms with Crippen molar-refractivity contribution in [2.24, 2.45) is 28.9 Å². The van der Waals surface area contributed by atoms with Crippen LogP contribution < -0.4 is 21.3 Å². The van der Waals surface area contributed by atoms with E-state index in [1.165, 1.54) is 36.3 Å². The molecule has 14 heteroatoms. The van der Waals surface area contributed by atoms with E-state index < -0.39 is 29.0 Å². The maximum atomic E-state index is 14.9. The standard InChI is InChI=1S/C49H62N8O6/c1-54(47(60)42(13-7-8-20-50)52-45(58)31-49-19-18-35-25-34(29-49)26-36(35)30-49)44(27-33-9-3-2-4-10-33)46(59)53-43(28-37-32-51-41-12-6-5-11-40(37)41)48(61)56-23-21-55(22-24-56)38-14-16-39(17-15-38)57(62)63/h2-6,9-12,14-17,32,34-36,42-44,51H,7-8,13,18-31,50H2,1H3,(H,52,58)(H,53,59)/t34?,35?,36?,42-,43-,44-,49?/m1/s1. The number of nitrogens with zero attached hydrogens (tertiary/aromatic N) is 4. The number of anilines is 1. The zero-order valence-electron chi connectivity index (χ0n) is 36.4. The van der Waals surface area contributed by atoms with Gasteiger partial charge in [0.05, 0.1) is 4.92 Å². The second kappa shape index (κ2) is 19.3. The van der Waals surface area contributed by atoms with Gasteiger partial charge < -0.3 is 36.1 Å².